The number of hydrogen-bond acceptors (Lipinski definition) is 1. The second-order valence-corrected chi connectivity index (χ2v) is 3.75. The van der Waals surface area contributed by atoms with E-state index in [0.717, 1.165) is 0 Å². The molecule has 0 amide bonds. The van der Waals surface area contributed by atoms with Crippen molar-refractivity contribution in [3.63, 3.8) is 0 Å². The lowest BCUT2D eigenvalue weighted by molar-refractivity contribution is -0.0117. The van der Waals surface area contributed by atoms with E-state index in [1.54, 1.807) is 0 Å². The van der Waals surface area contributed by atoms with Gasteiger partial charge in [-0.2, -0.15) is 0 Å². The quantitative estimate of drug-likeness (QED) is 0.650. The number of hydrogen-bond donors (Lipinski definition) is 1. The van der Waals surface area contributed by atoms with E-state index in [1.807, 2.05) is 13.8 Å². The van der Waals surface area contributed by atoms with E-state index in [2.05, 4.69) is 0 Å². The molecule has 0 saturated heterocycles. The van der Waals surface area contributed by atoms with Gasteiger partial charge in [-0.15, -0.1) is 0 Å². The van der Waals surface area contributed by atoms with E-state index >= 15 is 0 Å². The summed E-state index contributed by atoms with van der Waals surface area (Å²) < 4.78 is 12.9. The van der Waals surface area contributed by atoms with Crippen LogP contribution in [-0.4, -0.2) is 16.9 Å². The molecule has 0 unspecified atom stereocenters. The second kappa shape index (κ2) is 3.33. The monoisotopic (exact) mass is 148 g/mol. The van der Waals surface area contributed by atoms with Crippen LogP contribution in [0.4, 0.5) is 4.39 Å². The van der Waals surface area contributed by atoms with Crippen molar-refractivity contribution in [1.82, 2.24) is 0 Å². The fraction of sp³-hybridized carbons (Fsp3) is 1.00. The first kappa shape index (κ1) is 9.89. The van der Waals surface area contributed by atoms with Crippen molar-refractivity contribution in [1.29, 1.82) is 0 Å². The molecule has 0 bridgehead atoms. The van der Waals surface area contributed by atoms with Crippen LogP contribution in [0.15, 0.2) is 0 Å². The van der Waals surface area contributed by atoms with Crippen LogP contribution in [-0.2, 0) is 0 Å². The van der Waals surface area contributed by atoms with Gasteiger partial charge in [-0.25, -0.2) is 4.39 Å². The molecule has 0 aliphatic rings. The minimum absolute atomic E-state index is 0.307. The molecule has 10 heavy (non-hydrogen) atoms. The highest BCUT2D eigenvalue weighted by Crippen LogP contribution is 2.19. The molecule has 1 atom stereocenters. The molecule has 0 aliphatic heterocycles. The summed E-state index contributed by atoms with van der Waals surface area (Å²) in [5, 5.41) is 9.16. The molecule has 0 aliphatic carbocycles. The predicted molar refractivity (Wildman–Crippen MR) is 40.6 cm³/mol. The Labute approximate surface area is 62.3 Å². The minimum Gasteiger partial charge on any atom is -0.387 e. The summed E-state index contributed by atoms with van der Waals surface area (Å²) in [5.41, 5.74) is -1.18. The second-order valence-electron chi connectivity index (χ2n) is 3.75. The fourth-order valence-corrected chi connectivity index (χ4v) is 0.702. The van der Waals surface area contributed by atoms with Gasteiger partial charge >= 0.3 is 0 Å². The highest BCUT2D eigenvalue weighted by Gasteiger charge is 2.26. The van der Waals surface area contributed by atoms with Crippen molar-refractivity contribution in [3.05, 3.63) is 0 Å². The average Bonchev–Trinajstić information content (AvgIpc) is 1.60. The van der Waals surface area contributed by atoms with Crippen LogP contribution >= 0.6 is 0 Å². The van der Waals surface area contributed by atoms with E-state index < -0.39 is 11.8 Å². The molecule has 0 spiro atoms. The fourth-order valence-electron chi connectivity index (χ4n) is 0.702. The van der Waals surface area contributed by atoms with Crippen molar-refractivity contribution in [2.45, 2.75) is 45.9 Å². The van der Waals surface area contributed by atoms with Crippen molar-refractivity contribution < 1.29 is 9.50 Å². The lowest BCUT2D eigenvalue weighted by Crippen LogP contribution is -2.33. The third-order valence-corrected chi connectivity index (χ3v) is 1.44. The van der Waals surface area contributed by atoms with Gasteiger partial charge in [0.25, 0.3) is 0 Å². The summed E-state index contributed by atoms with van der Waals surface area (Å²) in [5.74, 6) is 0.307. The molecule has 0 heterocycles. The first-order chi connectivity index (χ1) is 4.34. The topological polar surface area (TPSA) is 20.2 Å². The number of rotatable bonds is 3. The third-order valence-electron chi connectivity index (χ3n) is 1.44. The smallest absolute Gasteiger partial charge is 0.128 e. The Bertz CT molecular complexity index is 93.9. The first-order valence-corrected chi connectivity index (χ1v) is 3.70. The first-order valence-electron chi connectivity index (χ1n) is 3.70. The minimum atomic E-state index is -1.18. The highest BCUT2D eigenvalue weighted by atomic mass is 19.1. The van der Waals surface area contributed by atoms with Crippen molar-refractivity contribution >= 4 is 0 Å². The van der Waals surface area contributed by atoms with Crippen LogP contribution < -0.4 is 0 Å². The van der Waals surface area contributed by atoms with Crippen molar-refractivity contribution in [3.8, 4) is 0 Å². The van der Waals surface area contributed by atoms with Crippen LogP contribution in [0, 0.1) is 5.92 Å². The predicted octanol–water partition coefficient (Wildman–Crippen LogP) is 2.14. The van der Waals surface area contributed by atoms with Gasteiger partial charge in [-0.1, -0.05) is 13.8 Å². The SMILES string of the molecule is CC(C)C[C@H](F)C(C)(C)O. The maximum Gasteiger partial charge on any atom is 0.128 e. The lowest BCUT2D eigenvalue weighted by atomic mass is 9.95. The Morgan fingerprint density at radius 2 is 1.80 bits per heavy atom. The lowest BCUT2D eigenvalue weighted by Gasteiger charge is -2.23. The van der Waals surface area contributed by atoms with Crippen LogP contribution in [0.3, 0.4) is 0 Å². The summed E-state index contributed by atoms with van der Waals surface area (Å²) in [6, 6.07) is 0. The van der Waals surface area contributed by atoms with E-state index in [1.165, 1.54) is 13.8 Å². The van der Waals surface area contributed by atoms with E-state index in [-0.39, 0.29) is 0 Å². The zero-order valence-electron chi connectivity index (χ0n) is 7.19. The van der Waals surface area contributed by atoms with E-state index in [4.69, 9.17) is 5.11 Å². The molecule has 0 rings (SSSR count). The molecule has 0 aromatic carbocycles. The molecule has 1 nitrogen and oxygen atoms in total. The maximum absolute atomic E-state index is 12.9. The van der Waals surface area contributed by atoms with Gasteiger partial charge in [0, 0.05) is 0 Å². The molecule has 0 aromatic rings. The Morgan fingerprint density at radius 1 is 1.40 bits per heavy atom. The van der Waals surface area contributed by atoms with Gasteiger partial charge in [0.15, 0.2) is 0 Å². The standard InChI is InChI=1S/C8H17FO/c1-6(2)5-7(9)8(3,4)10/h6-7,10H,5H2,1-4H3/t7-/m0/s1. The molecule has 0 saturated carbocycles. The van der Waals surface area contributed by atoms with Gasteiger partial charge in [-0.05, 0) is 26.2 Å². The van der Waals surface area contributed by atoms with Crippen molar-refractivity contribution in [2.75, 3.05) is 0 Å². The Kier molecular flexibility index (Phi) is 3.29. The van der Waals surface area contributed by atoms with Crippen LogP contribution in [0.2, 0.25) is 0 Å². The third kappa shape index (κ3) is 3.83. The average molecular weight is 148 g/mol. The highest BCUT2D eigenvalue weighted by molar-refractivity contribution is 4.77. The zero-order chi connectivity index (χ0) is 8.36. The normalized spacial score (nSPS) is 15.9. The van der Waals surface area contributed by atoms with Crippen LogP contribution in [0.25, 0.3) is 0 Å². The molecule has 0 aromatic heterocycles. The summed E-state index contributed by atoms with van der Waals surface area (Å²) in [6.07, 6.45) is -0.670. The van der Waals surface area contributed by atoms with Gasteiger partial charge in [0.2, 0.25) is 0 Å². The zero-order valence-corrected chi connectivity index (χ0v) is 7.19. The molecule has 1 N–H and O–H groups in total. The molecule has 62 valence electrons. The largest absolute Gasteiger partial charge is 0.387 e. The van der Waals surface area contributed by atoms with Crippen LogP contribution in [0.5, 0.6) is 0 Å². The summed E-state index contributed by atoms with van der Waals surface area (Å²) in [7, 11) is 0. The Balaban J connectivity index is 3.73. The van der Waals surface area contributed by atoms with E-state index in [9.17, 15) is 4.39 Å². The van der Waals surface area contributed by atoms with Gasteiger partial charge in [0.1, 0.15) is 6.17 Å². The number of aliphatic hydroxyl groups is 1. The number of halogens is 1. The summed E-state index contributed by atoms with van der Waals surface area (Å²) >= 11 is 0. The van der Waals surface area contributed by atoms with Crippen molar-refractivity contribution in [2.24, 2.45) is 5.92 Å². The molecule has 0 fully saturated rings. The van der Waals surface area contributed by atoms with Gasteiger partial charge in [0.05, 0.1) is 5.60 Å². The number of alkyl halides is 1. The molecule has 0 radical (unpaired) electrons. The Morgan fingerprint density at radius 3 is 1.90 bits per heavy atom. The summed E-state index contributed by atoms with van der Waals surface area (Å²) in [6.45, 7) is 6.89. The molecule has 2 heteroatoms. The summed E-state index contributed by atoms with van der Waals surface area (Å²) in [4.78, 5) is 0. The maximum atomic E-state index is 12.9. The van der Waals surface area contributed by atoms with Gasteiger partial charge in [-0.3, -0.25) is 0 Å². The van der Waals surface area contributed by atoms with E-state index in [0.29, 0.717) is 12.3 Å². The van der Waals surface area contributed by atoms with Gasteiger partial charge < -0.3 is 5.11 Å². The Hall–Kier alpha value is -0.110. The van der Waals surface area contributed by atoms with Crippen LogP contribution in [0.1, 0.15) is 34.1 Å². The molecular formula is C8H17FO. The molecular weight excluding hydrogens is 131 g/mol.